The molecular formula is C10H8Cl2N2O. The van der Waals surface area contributed by atoms with Crippen molar-refractivity contribution in [2.75, 3.05) is 6.61 Å². The van der Waals surface area contributed by atoms with Gasteiger partial charge in [-0.05, 0) is 30.7 Å². The molecule has 0 aliphatic carbocycles. The van der Waals surface area contributed by atoms with Gasteiger partial charge < -0.3 is 4.74 Å². The summed E-state index contributed by atoms with van der Waals surface area (Å²) in [5.41, 5.74) is 0.686. The van der Waals surface area contributed by atoms with Gasteiger partial charge in [0.25, 0.3) is 0 Å². The Balaban J connectivity index is 2.73. The summed E-state index contributed by atoms with van der Waals surface area (Å²) in [6.45, 7) is 2.47. The number of hydrogen-bond acceptors (Lipinski definition) is 3. The number of hydrogen-bond donors (Lipinski definition) is 0. The molecule has 78 valence electrons. The average Bonchev–Trinajstić information content (AvgIpc) is 2.17. The minimum absolute atomic E-state index is 0.140. The summed E-state index contributed by atoms with van der Waals surface area (Å²) in [6.07, 6.45) is 0. The van der Waals surface area contributed by atoms with E-state index in [0.717, 1.165) is 0 Å². The van der Waals surface area contributed by atoms with E-state index in [9.17, 15) is 0 Å². The predicted octanol–water partition coefficient (Wildman–Crippen LogP) is 3.34. The fraction of sp³-hybridized carbons (Fsp3) is 0.200. The first-order valence-electron chi connectivity index (χ1n) is 4.47. The number of aromatic nitrogens is 2. The van der Waals surface area contributed by atoms with Crippen LogP contribution in [0.15, 0.2) is 18.2 Å². The minimum atomic E-state index is 0.140. The van der Waals surface area contributed by atoms with Crippen LogP contribution in [-0.2, 0) is 0 Å². The molecule has 0 radical (unpaired) electrons. The van der Waals surface area contributed by atoms with Gasteiger partial charge in [0.15, 0.2) is 0 Å². The molecule has 2 aromatic rings. The highest BCUT2D eigenvalue weighted by Gasteiger charge is 2.09. The van der Waals surface area contributed by atoms with Gasteiger partial charge in [0.1, 0.15) is 10.9 Å². The largest absolute Gasteiger partial charge is 0.493 e. The number of rotatable bonds is 2. The average molecular weight is 243 g/mol. The van der Waals surface area contributed by atoms with E-state index < -0.39 is 0 Å². The Hall–Kier alpha value is -1.06. The Labute approximate surface area is 97.0 Å². The number of halogens is 2. The lowest BCUT2D eigenvalue weighted by atomic mass is 10.2. The molecule has 0 saturated heterocycles. The molecule has 1 heterocycles. The van der Waals surface area contributed by atoms with Crippen molar-refractivity contribution in [1.29, 1.82) is 0 Å². The van der Waals surface area contributed by atoms with E-state index in [1.54, 1.807) is 0 Å². The zero-order valence-corrected chi connectivity index (χ0v) is 9.51. The second kappa shape index (κ2) is 4.21. The monoisotopic (exact) mass is 242 g/mol. The SMILES string of the molecule is CCOc1cccc2nc(Cl)nc(Cl)c12. The Kier molecular flexibility index (Phi) is 2.93. The highest BCUT2D eigenvalue weighted by atomic mass is 35.5. The summed E-state index contributed by atoms with van der Waals surface area (Å²) in [5.74, 6) is 0.677. The van der Waals surface area contributed by atoms with Crippen LogP contribution >= 0.6 is 23.2 Å². The lowest BCUT2D eigenvalue weighted by Crippen LogP contribution is -1.95. The van der Waals surface area contributed by atoms with Gasteiger partial charge >= 0.3 is 0 Å². The quantitative estimate of drug-likeness (QED) is 0.599. The molecule has 2 rings (SSSR count). The van der Waals surface area contributed by atoms with E-state index in [-0.39, 0.29) is 5.28 Å². The van der Waals surface area contributed by atoms with Crippen LogP contribution < -0.4 is 4.74 Å². The van der Waals surface area contributed by atoms with Crippen LogP contribution in [-0.4, -0.2) is 16.6 Å². The molecule has 0 saturated carbocycles. The maximum Gasteiger partial charge on any atom is 0.224 e. The fourth-order valence-electron chi connectivity index (χ4n) is 1.36. The molecule has 0 unspecified atom stereocenters. The highest BCUT2D eigenvalue weighted by Crippen LogP contribution is 2.30. The molecular weight excluding hydrogens is 235 g/mol. The smallest absolute Gasteiger partial charge is 0.224 e. The Bertz CT molecular complexity index is 502. The van der Waals surface area contributed by atoms with Crippen LogP contribution in [0.5, 0.6) is 5.75 Å². The van der Waals surface area contributed by atoms with Crippen LogP contribution in [0.1, 0.15) is 6.92 Å². The highest BCUT2D eigenvalue weighted by molar-refractivity contribution is 6.36. The van der Waals surface area contributed by atoms with Crippen LogP contribution in [0.25, 0.3) is 10.9 Å². The van der Waals surface area contributed by atoms with Gasteiger partial charge in [0.2, 0.25) is 5.28 Å². The summed E-state index contributed by atoms with van der Waals surface area (Å²) >= 11 is 11.7. The lowest BCUT2D eigenvalue weighted by molar-refractivity contribution is 0.344. The summed E-state index contributed by atoms with van der Waals surface area (Å²) in [5, 5.41) is 1.15. The summed E-state index contributed by atoms with van der Waals surface area (Å²) in [6, 6.07) is 5.49. The van der Waals surface area contributed by atoms with Crippen molar-refractivity contribution in [2.45, 2.75) is 6.92 Å². The van der Waals surface area contributed by atoms with E-state index in [1.165, 1.54) is 0 Å². The van der Waals surface area contributed by atoms with Crippen molar-refractivity contribution >= 4 is 34.1 Å². The zero-order valence-electron chi connectivity index (χ0n) is 8.00. The van der Waals surface area contributed by atoms with Gasteiger partial charge in [0, 0.05) is 0 Å². The van der Waals surface area contributed by atoms with Crippen LogP contribution in [0.2, 0.25) is 10.4 Å². The number of ether oxygens (including phenoxy) is 1. The van der Waals surface area contributed by atoms with Crippen LogP contribution in [0.3, 0.4) is 0 Å². The number of nitrogens with zero attached hydrogens (tertiary/aromatic N) is 2. The number of benzene rings is 1. The summed E-state index contributed by atoms with van der Waals surface area (Å²) in [7, 11) is 0. The van der Waals surface area contributed by atoms with E-state index >= 15 is 0 Å². The summed E-state index contributed by atoms with van der Waals surface area (Å²) in [4.78, 5) is 7.95. The second-order valence-electron chi connectivity index (χ2n) is 2.87. The molecule has 0 amide bonds. The van der Waals surface area contributed by atoms with Gasteiger partial charge in [-0.15, -0.1) is 0 Å². The van der Waals surface area contributed by atoms with Gasteiger partial charge in [-0.3, -0.25) is 0 Å². The van der Waals surface area contributed by atoms with E-state index in [2.05, 4.69) is 9.97 Å². The first-order valence-corrected chi connectivity index (χ1v) is 5.22. The molecule has 15 heavy (non-hydrogen) atoms. The van der Waals surface area contributed by atoms with Crippen molar-refractivity contribution in [3.05, 3.63) is 28.6 Å². The first kappa shape index (κ1) is 10.5. The molecule has 0 spiro atoms. The van der Waals surface area contributed by atoms with Crippen LogP contribution in [0, 0.1) is 0 Å². The third kappa shape index (κ3) is 1.98. The van der Waals surface area contributed by atoms with Crippen molar-refractivity contribution < 1.29 is 4.74 Å². The van der Waals surface area contributed by atoms with Gasteiger partial charge in [-0.25, -0.2) is 9.97 Å². The molecule has 0 aliphatic rings. The van der Waals surface area contributed by atoms with Crippen molar-refractivity contribution in [3.8, 4) is 5.75 Å². The number of fused-ring (bicyclic) bond motifs is 1. The lowest BCUT2D eigenvalue weighted by Gasteiger charge is -2.07. The topological polar surface area (TPSA) is 35.0 Å². The Morgan fingerprint density at radius 2 is 2.07 bits per heavy atom. The molecule has 5 heteroatoms. The van der Waals surface area contributed by atoms with Crippen molar-refractivity contribution in [2.24, 2.45) is 0 Å². The first-order chi connectivity index (χ1) is 7.22. The van der Waals surface area contributed by atoms with E-state index in [0.29, 0.717) is 28.4 Å². The maximum absolute atomic E-state index is 5.99. The minimum Gasteiger partial charge on any atom is -0.493 e. The standard InChI is InChI=1S/C10H8Cl2N2O/c1-2-15-7-5-3-4-6-8(7)9(11)14-10(12)13-6/h3-5H,2H2,1H3. The predicted molar refractivity (Wildman–Crippen MR) is 60.7 cm³/mol. The molecule has 1 aromatic carbocycles. The normalized spacial score (nSPS) is 10.6. The van der Waals surface area contributed by atoms with Gasteiger partial charge in [-0.1, -0.05) is 17.7 Å². The second-order valence-corrected chi connectivity index (χ2v) is 3.56. The molecule has 1 aromatic heterocycles. The molecule has 3 nitrogen and oxygen atoms in total. The van der Waals surface area contributed by atoms with Gasteiger partial charge in [-0.2, -0.15) is 0 Å². The molecule has 0 atom stereocenters. The van der Waals surface area contributed by atoms with E-state index in [1.807, 2.05) is 25.1 Å². The maximum atomic E-state index is 5.99. The molecule has 0 N–H and O–H groups in total. The molecule has 0 bridgehead atoms. The van der Waals surface area contributed by atoms with Crippen molar-refractivity contribution in [3.63, 3.8) is 0 Å². The summed E-state index contributed by atoms with van der Waals surface area (Å²) < 4.78 is 5.43. The zero-order chi connectivity index (χ0) is 10.8. The third-order valence-corrected chi connectivity index (χ3v) is 2.36. The molecule has 0 aliphatic heterocycles. The van der Waals surface area contributed by atoms with Crippen LogP contribution in [0.4, 0.5) is 0 Å². The van der Waals surface area contributed by atoms with Crippen molar-refractivity contribution in [1.82, 2.24) is 9.97 Å². The molecule has 0 fully saturated rings. The van der Waals surface area contributed by atoms with E-state index in [4.69, 9.17) is 27.9 Å². The third-order valence-electron chi connectivity index (χ3n) is 1.91. The fourth-order valence-corrected chi connectivity index (χ4v) is 1.85. The van der Waals surface area contributed by atoms with Gasteiger partial charge in [0.05, 0.1) is 17.5 Å². The Morgan fingerprint density at radius 3 is 2.80 bits per heavy atom. The Morgan fingerprint density at radius 1 is 1.27 bits per heavy atom.